The molecule has 0 aliphatic heterocycles. The summed E-state index contributed by atoms with van der Waals surface area (Å²) in [6.45, 7) is 6.68. The number of rotatable bonds is 3. The molecule has 0 atom stereocenters. The molecule has 0 radical (unpaired) electrons. The third-order valence-corrected chi connectivity index (χ3v) is 2.87. The van der Waals surface area contributed by atoms with E-state index in [-0.39, 0.29) is 6.04 Å². The molecule has 0 aliphatic carbocycles. The van der Waals surface area contributed by atoms with E-state index < -0.39 is 0 Å². The van der Waals surface area contributed by atoms with Gasteiger partial charge in [0.1, 0.15) is 5.69 Å². The van der Waals surface area contributed by atoms with E-state index in [1.165, 1.54) is 5.56 Å². The van der Waals surface area contributed by atoms with E-state index in [0.29, 0.717) is 6.54 Å². The summed E-state index contributed by atoms with van der Waals surface area (Å²) in [5.74, 6) is 0. The fourth-order valence-electron chi connectivity index (χ4n) is 1.97. The summed E-state index contributed by atoms with van der Waals surface area (Å²) < 4.78 is 1.89. The summed E-state index contributed by atoms with van der Waals surface area (Å²) in [4.78, 5) is 0. The highest BCUT2D eigenvalue weighted by Gasteiger charge is 2.16. The maximum Gasteiger partial charge on any atom is 0.117 e. The van der Waals surface area contributed by atoms with Gasteiger partial charge in [-0.2, -0.15) is 0 Å². The van der Waals surface area contributed by atoms with Crippen LogP contribution in [0.15, 0.2) is 24.3 Å². The van der Waals surface area contributed by atoms with Crippen LogP contribution in [0.3, 0.4) is 0 Å². The highest BCUT2D eigenvalue weighted by atomic mass is 15.4. The Morgan fingerprint density at radius 3 is 2.59 bits per heavy atom. The van der Waals surface area contributed by atoms with Gasteiger partial charge in [0.2, 0.25) is 0 Å². The Morgan fingerprint density at radius 2 is 2.00 bits per heavy atom. The number of hydrogen-bond acceptors (Lipinski definition) is 3. The van der Waals surface area contributed by atoms with Crippen LogP contribution in [0.2, 0.25) is 0 Å². The van der Waals surface area contributed by atoms with Gasteiger partial charge in [0.05, 0.1) is 5.69 Å². The number of aryl methyl sites for hydroxylation is 1. The number of benzene rings is 1. The van der Waals surface area contributed by atoms with Crippen molar-refractivity contribution >= 4 is 0 Å². The Kier molecular flexibility index (Phi) is 3.24. The number of aromatic nitrogens is 3. The molecule has 0 fully saturated rings. The number of nitrogens with two attached hydrogens (primary N) is 1. The third kappa shape index (κ3) is 2.08. The zero-order valence-corrected chi connectivity index (χ0v) is 10.5. The zero-order chi connectivity index (χ0) is 12.4. The minimum Gasteiger partial charge on any atom is -0.325 e. The highest BCUT2D eigenvalue weighted by Crippen LogP contribution is 2.25. The summed E-state index contributed by atoms with van der Waals surface area (Å²) in [6, 6.07) is 8.44. The molecule has 2 aromatic rings. The smallest absolute Gasteiger partial charge is 0.117 e. The molecule has 0 saturated carbocycles. The summed E-state index contributed by atoms with van der Waals surface area (Å²) in [5, 5.41) is 8.46. The van der Waals surface area contributed by atoms with Crippen molar-refractivity contribution in [2.45, 2.75) is 33.4 Å². The lowest BCUT2D eigenvalue weighted by molar-refractivity contribution is 0.494. The fraction of sp³-hybridized carbons (Fsp3) is 0.385. The lowest BCUT2D eigenvalue weighted by Gasteiger charge is -2.09. The van der Waals surface area contributed by atoms with Crippen LogP contribution in [-0.4, -0.2) is 15.0 Å². The van der Waals surface area contributed by atoms with Gasteiger partial charge in [-0.25, -0.2) is 4.68 Å². The molecule has 0 aliphatic rings. The fourth-order valence-corrected chi connectivity index (χ4v) is 1.97. The maximum atomic E-state index is 5.82. The molecule has 0 saturated heterocycles. The second kappa shape index (κ2) is 4.67. The first-order valence-corrected chi connectivity index (χ1v) is 5.85. The van der Waals surface area contributed by atoms with Gasteiger partial charge in [-0.3, -0.25) is 0 Å². The Morgan fingerprint density at radius 1 is 1.29 bits per heavy atom. The van der Waals surface area contributed by atoms with Crippen LogP contribution in [0.1, 0.15) is 31.1 Å². The molecule has 0 bridgehead atoms. The molecule has 4 nitrogen and oxygen atoms in total. The molecule has 0 spiro atoms. The van der Waals surface area contributed by atoms with Crippen molar-refractivity contribution in [3.8, 4) is 11.3 Å². The molecule has 90 valence electrons. The molecule has 17 heavy (non-hydrogen) atoms. The van der Waals surface area contributed by atoms with E-state index >= 15 is 0 Å². The minimum absolute atomic E-state index is 0.277. The Hall–Kier alpha value is -1.68. The number of hydrogen-bond donors (Lipinski definition) is 1. The van der Waals surface area contributed by atoms with Gasteiger partial charge in [-0.15, -0.1) is 5.10 Å². The molecule has 2 rings (SSSR count). The van der Waals surface area contributed by atoms with E-state index in [9.17, 15) is 0 Å². The topological polar surface area (TPSA) is 56.7 Å². The van der Waals surface area contributed by atoms with E-state index in [1.807, 2.05) is 16.8 Å². The van der Waals surface area contributed by atoms with Gasteiger partial charge in [0.25, 0.3) is 0 Å². The summed E-state index contributed by atoms with van der Waals surface area (Å²) in [6.07, 6.45) is 0. The minimum atomic E-state index is 0.277. The molecule has 4 heteroatoms. The largest absolute Gasteiger partial charge is 0.325 e. The van der Waals surface area contributed by atoms with Crippen molar-refractivity contribution in [2.75, 3.05) is 0 Å². The second-order valence-corrected chi connectivity index (χ2v) is 4.44. The molecular weight excluding hydrogens is 212 g/mol. The van der Waals surface area contributed by atoms with E-state index in [0.717, 1.165) is 17.0 Å². The van der Waals surface area contributed by atoms with Gasteiger partial charge >= 0.3 is 0 Å². The Labute approximate surface area is 101 Å². The Balaban J connectivity index is 2.57. The van der Waals surface area contributed by atoms with Crippen LogP contribution in [0.5, 0.6) is 0 Å². The average molecular weight is 230 g/mol. The zero-order valence-electron chi connectivity index (χ0n) is 10.5. The maximum absolute atomic E-state index is 5.82. The van der Waals surface area contributed by atoms with Gasteiger partial charge in [-0.05, 0) is 26.3 Å². The van der Waals surface area contributed by atoms with Gasteiger partial charge in [0.15, 0.2) is 0 Å². The molecule has 0 unspecified atom stereocenters. The lowest BCUT2D eigenvalue weighted by Crippen LogP contribution is -2.11. The van der Waals surface area contributed by atoms with Crippen molar-refractivity contribution in [3.05, 3.63) is 35.5 Å². The molecule has 1 aromatic heterocycles. The van der Waals surface area contributed by atoms with Crippen LogP contribution in [-0.2, 0) is 6.54 Å². The predicted molar refractivity (Wildman–Crippen MR) is 68.5 cm³/mol. The first-order chi connectivity index (χ1) is 8.15. The molecule has 1 heterocycles. The van der Waals surface area contributed by atoms with E-state index in [1.54, 1.807) is 0 Å². The lowest BCUT2D eigenvalue weighted by atomic mass is 10.0. The number of nitrogens with zero attached hydrogens (tertiary/aromatic N) is 3. The van der Waals surface area contributed by atoms with Crippen LogP contribution < -0.4 is 5.73 Å². The van der Waals surface area contributed by atoms with Gasteiger partial charge < -0.3 is 5.73 Å². The van der Waals surface area contributed by atoms with E-state index in [2.05, 4.69) is 43.2 Å². The predicted octanol–water partition coefficient (Wildman–Crippen LogP) is 2.29. The van der Waals surface area contributed by atoms with Crippen LogP contribution in [0.4, 0.5) is 0 Å². The SMILES string of the molecule is Cc1ccccc1-c1nnn(C(C)C)c1CN. The normalized spacial score (nSPS) is 11.1. The monoisotopic (exact) mass is 230 g/mol. The molecular formula is C13H18N4. The third-order valence-electron chi connectivity index (χ3n) is 2.87. The first-order valence-electron chi connectivity index (χ1n) is 5.85. The van der Waals surface area contributed by atoms with Crippen molar-refractivity contribution in [1.29, 1.82) is 0 Å². The van der Waals surface area contributed by atoms with Crippen molar-refractivity contribution in [1.82, 2.24) is 15.0 Å². The molecule has 1 aromatic carbocycles. The van der Waals surface area contributed by atoms with Crippen molar-refractivity contribution in [2.24, 2.45) is 5.73 Å². The van der Waals surface area contributed by atoms with E-state index in [4.69, 9.17) is 5.73 Å². The molecule has 2 N–H and O–H groups in total. The van der Waals surface area contributed by atoms with Crippen molar-refractivity contribution in [3.63, 3.8) is 0 Å². The average Bonchev–Trinajstić information content (AvgIpc) is 2.73. The standard InChI is InChI=1S/C13H18N4/c1-9(2)17-12(8-14)13(15-16-17)11-7-5-4-6-10(11)3/h4-7,9H,8,14H2,1-3H3. The second-order valence-electron chi connectivity index (χ2n) is 4.44. The summed E-state index contributed by atoms with van der Waals surface area (Å²) >= 11 is 0. The van der Waals surface area contributed by atoms with Crippen LogP contribution in [0, 0.1) is 6.92 Å². The van der Waals surface area contributed by atoms with Crippen LogP contribution in [0.25, 0.3) is 11.3 Å². The first kappa shape index (κ1) is 11.8. The van der Waals surface area contributed by atoms with Crippen molar-refractivity contribution < 1.29 is 0 Å². The Bertz CT molecular complexity index is 514. The molecule has 0 amide bonds. The van der Waals surface area contributed by atoms with Gasteiger partial charge in [-0.1, -0.05) is 29.5 Å². The van der Waals surface area contributed by atoms with Crippen LogP contribution >= 0.6 is 0 Å². The van der Waals surface area contributed by atoms with Gasteiger partial charge in [0, 0.05) is 18.2 Å². The summed E-state index contributed by atoms with van der Waals surface area (Å²) in [5.41, 5.74) is 10.0. The quantitative estimate of drug-likeness (QED) is 0.880. The highest BCUT2D eigenvalue weighted by molar-refractivity contribution is 5.65. The summed E-state index contributed by atoms with van der Waals surface area (Å²) in [7, 11) is 0.